The molecule has 20 heavy (non-hydrogen) atoms. The van der Waals surface area contributed by atoms with Crippen LogP contribution in [0.3, 0.4) is 0 Å². The van der Waals surface area contributed by atoms with Gasteiger partial charge in [-0.15, -0.1) is 0 Å². The highest BCUT2D eigenvalue weighted by Gasteiger charge is 2.42. The molecule has 5 nitrogen and oxygen atoms in total. The van der Waals surface area contributed by atoms with E-state index in [1.807, 2.05) is 13.0 Å². The number of aromatic nitrogens is 1. The average molecular weight is 273 g/mol. The zero-order valence-electron chi connectivity index (χ0n) is 11.7. The predicted octanol–water partition coefficient (Wildman–Crippen LogP) is 2.49. The minimum absolute atomic E-state index is 0.105. The maximum atomic E-state index is 12.2. The lowest BCUT2D eigenvalue weighted by molar-refractivity contribution is -0.154. The van der Waals surface area contributed by atoms with Gasteiger partial charge in [0.25, 0.3) is 0 Å². The number of carbonyl (C=O) groups is 1. The van der Waals surface area contributed by atoms with E-state index in [4.69, 9.17) is 10.00 Å². The number of carbonyl (C=O) groups excluding carboxylic acids is 1. The molecule has 1 aliphatic rings. The van der Waals surface area contributed by atoms with Crippen molar-refractivity contribution in [1.82, 2.24) is 4.98 Å². The lowest BCUT2D eigenvalue weighted by Gasteiger charge is -2.27. The second-order valence-electron chi connectivity index (χ2n) is 5.11. The first-order valence-electron chi connectivity index (χ1n) is 6.97. The number of hydrogen-bond donors (Lipinski definition) is 1. The fourth-order valence-electron chi connectivity index (χ4n) is 2.62. The Labute approximate surface area is 119 Å². The number of anilines is 1. The van der Waals surface area contributed by atoms with E-state index in [-0.39, 0.29) is 5.97 Å². The van der Waals surface area contributed by atoms with E-state index in [0.717, 1.165) is 31.4 Å². The number of nitrogens with one attached hydrogen (secondary N) is 1. The molecule has 0 aromatic carbocycles. The summed E-state index contributed by atoms with van der Waals surface area (Å²) in [5.41, 5.74) is 0.792. The number of nitrogens with zero attached hydrogens (tertiary/aromatic N) is 2. The summed E-state index contributed by atoms with van der Waals surface area (Å²) in [5.74, 6) is -0.105. The monoisotopic (exact) mass is 273 g/mol. The first-order valence-corrected chi connectivity index (χ1v) is 6.97. The van der Waals surface area contributed by atoms with Crippen LogP contribution in [0.2, 0.25) is 0 Å². The number of esters is 1. The lowest BCUT2D eigenvalue weighted by Crippen LogP contribution is -2.37. The fourth-order valence-corrected chi connectivity index (χ4v) is 2.62. The van der Waals surface area contributed by atoms with Gasteiger partial charge in [0.1, 0.15) is 11.8 Å². The molecule has 0 amide bonds. The highest BCUT2D eigenvalue weighted by Crippen LogP contribution is 2.39. The summed E-state index contributed by atoms with van der Waals surface area (Å²) in [6.07, 6.45) is 5.47. The molecule has 1 aliphatic carbocycles. The molecule has 0 unspecified atom stereocenters. The van der Waals surface area contributed by atoms with E-state index in [0.29, 0.717) is 18.8 Å². The molecule has 1 N–H and O–H groups in total. The molecule has 0 spiro atoms. The number of nitriles is 1. The largest absolute Gasteiger partial charge is 0.466 e. The van der Waals surface area contributed by atoms with Crippen LogP contribution in [-0.4, -0.2) is 24.1 Å². The van der Waals surface area contributed by atoms with Gasteiger partial charge in [0.15, 0.2) is 0 Å². The van der Waals surface area contributed by atoms with Crippen molar-refractivity contribution < 1.29 is 9.53 Å². The van der Waals surface area contributed by atoms with E-state index in [9.17, 15) is 4.79 Å². The maximum absolute atomic E-state index is 12.2. The second-order valence-corrected chi connectivity index (χ2v) is 5.11. The van der Waals surface area contributed by atoms with Crippen LogP contribution in [0.5, 0.6) is 0 Å². The number of ether oxygens (including phenoxy) is 1. The minimum Gasteiger partial charge on any atom is -0.466 e. The van der Waals surface area contributed by atoms with Gasteiger partial charge < -0.3 is 10.1 Å². The standard InChI is InChI=1S/C15H19N3O2/c1-2-20-14(19)15(7-3-4-8-15)11-18-13-6-5-12(9-16)17-10-13/h5-6,10,18H,2-4,7-8,11H2,1H3. The zero-order valence-corrected chi connectivity index (χ0v) is 11.7. The topological polar surface area (TPSA) is 75.0 Å². The summed E-state index contributed by atoms with van der Waals surface area (Å²) < 4.78 is 5.22. The van der Waals surface area contributed by atoms with Crippen LogP contribution >= 0.6 is 0 Å². The summed E-state index contributed by atoms with van der Waals surface area (Å²) in [7, 11) is 0. The van der Waals surface area contributed by atoms with Crippen molar-refractivity contribution in [3.05, 3.63) is 24.0 Å². The van der Waals surface area contributed by atoms with Crippen LogP contribution in [0.4, 0.5) is 5.69 Å². The molecule has 1 aromatic heterocycles. The molecule has 0 radical (unpaired) electrons. The van der Waals surface area contributed by atoms with E-state index in [1.54, 1.807) is 18.3 Å². The van der Waals surface area contributed by atoms with Crippen molar-refractivity contribution in [1.29, 1.82) is 5.26 Å². The SMILES string of the molecule is CCOC(=O)C1(CNc2ccc(C#N)nc2)CCCC1. The Balaban J connectivity index is 2.02. The van der Waals surface area contributed by atoms with Crippen LogP contribution in [0, 0.1) is 16.7 Å². The predicted molar refractivity (Wildman–Crippen MR) is 75.0 cm³/mol. The van der Waals surface area contributed by atoms with E-state index < -0.39 is 5.41 Å². The molecule has 5 heteroatoms. The number of rotatable bonds is 5. The van der Waals surface area contributed by atoms with Crippen LogP contribution in [0.1, 0.15) is 38.3 Å². The molecule has 2 rings (SSSR count). The van der Waals surface area contributed by atoms with Gasteiger partial charge in [0.2, 0.25) is 0 Å². The van der Waals surface area contributed by atoms with Gasteiger partial charge in [0, 0.05) is 6.54 Å². The second kappa shape index (κ2) is 6.38. The lowest BCUT2D eigenvalue weighted by atomic mass is 9.86. The van der Waals surface area contributed by atoms with Gasteiger partial charge in [0.05, 0.1) is 23.9 Å². The molecule has 0 saturated heterocycles. The minimum atomic E-state index is -0.413. The number of pyridine rings is 1. The quantitative estimate of drug-likeness (QED) is 0.834. The van der Waals surface area contributed by atoms with E-state index in [1.165, 1.54) is 0 Å². The molecule has 1 heterocycles. The molecule has 0 atom stereocenters. The van der Waals surface area contributed by atoms with Gasteiger partial charge >= 0.3 is 5.97 Å². The van der Waals surface area contributed by atoms with Crippen molar-refractivity contribution in [3.63, 3.8) is 0 Å². The Morgan fingerprint density at radius 1 is 1.50 bits per heavy atom. The Bertz CT molecular complexity index is 499. The molecule has 0 bridgehead atoms. The average Bonchev–Trinajstić information content (AvgIpc) is 2.96. The van der Waals surface area contributed by atoms with E-state index in [2.05, 4.69) is 10.3 Å². The fraction of sp³-hybridized carbons (Fsp3) is 0.533. The molecule has 1 aromatic rings. The normalized spacial score (nSPS) is 16.4. The molecule has 106 valence electrons. The van der Waals surface area contributed by atoms with Crippen LogP contribution in [0.25, 0.3) is 0 Å². The Hall–Kier alpha value is -2.09. The summed E-state index contributed by atoms with van der Waals surface area (Å²) >= 11 is 0. The Kier molecular flexibility index (Phi) is 4.57. The highest BCUT2D eigenvalue weighted by atomic mass is 16.5. The van der Waals surface area contributed by atoms with Gasteiger partial charge in [-0.25, -0.2) is 4.98 Å². The van der Waals surface area contributed by atoms with Crippen molar-refractivity contribution in [3.8, 4) is 6.07 Å². The van der Waals surface area contributed by atoms with Crippen molar-refractivity contribution in [2.75, 3.05) is 18.5 Å². The van der Waals surface area contributed by atoms with E-state index >= 15 is 0 Å². The molecular weight excluding hydrogens is 254 g/mol. The summed E-state index contributed by atoms with van der Waals surface area (Å²) in [5, 5.41) is 12.0. The third kappa shape index (κ3) is 3.08. The molecule has 1 saturated carbocycles. The van der Waals surface area contributed by atoms with Crippen molar-refractivity contribution >= 4 is 11.7 Å². The molecular formula is C15H19N3O2. The highest BCUT2D eigenvalue weighted by molar-refractivity contribution is 5.78. The maximum Gasteiger partial charge on any atom is 0.313 e. The number of hydrogen-bond acceptors (Lipinski definition) is 5. The molecule has 0 aliphatic heterocycles. The van der Waals surface area contributed by atoms with Gasteiger partial charge in [-0.2, -0.15) is 5.26 Å². The van der Waals surface area contributed by atoms with Crippen molar-refractivity contribution in [2.24, 2.45) is 5.41 Å². The summed E-state index contributed by atoms with van der Waals surface area (Å²) in [6, 6.07) is 5.45. The van der Waals surface area contributed by atoms with Gasteiger partial charge in [-0.05, 0) is 31.9 Å². The Morgan fingerprint density at radius 2 is 2.25 bits per heavy atom. The van der Waals surface area contributed by atoms with Crippen LogP contribution < -0.4 is 5.32 Å². The first kappa shape index (κ1) is 14.3. The van der Waals surface area contributed by atoms with Crippen molar-refractivity contribution in [2.45, 2.75) is 32.6 Å². The summed E-state index contributed by atoms with van der Waals surface area (Å²) in [4.78, 5) is 16.2. The third-order valence-corrected chi connectivity index (χ3v) is 3.78. The van der Waals surface area contributed by atoms with Crippen LogP contribution in [0.15, 0.2) is 18.3 Å². The zero-order chi connectivity index (χ0) is 14.4. The smallest absolute Gasteiger partial charge is 0.313 e. The van der Waals surface area contributed by atoms with Crippen LogP contribution in [-0.2, 0) is 9.53 Å². The summed E-state index contributed by atoms with van der Waals surface area (Å²) in [6.45, 7) is 2.80. The van der Waals surface area contributed by atoms with Gasteiger partial charge in [-0.1, -0.05) is 12.8 Å². The Morgan fingerprint density at radius 3 is 2.80 bits per heavy atom. The molecule has 1 fully saturated rings. The first-order chi connectivity index (χ1) is 9.70. The van der Waals surface area contributed by atoms with Gasteiger partial charge in [-0.3, -0.25) is 4.79 Å². The third-order valence-electron chi connectivity index (χ3n) is 3.78.